The van der Waals surface area contributed by atoms with Crippen LogP contribution in [-0.2, 0) is 6.61 Å². The minimum Gasteiger partial charge on any atom is -0.486 e. The van der Waals surface area contributed by atoms with E-state index in [1.807, 2.05) is 36.5 Å². The van der Waals surface area contributed by atoms with Gasteiger partial charge in [0.1, 0.15) is 23.4 Å². The van der Waals surface area contributed by atoms with Crippen LogP contribution < -0.4 is 10.5 Å². The number of piperidine rings is 1. The highest BCUT2D eigenvalue weighted by Crippen LogP contribution is 2.37. The largest absolute Gasteiger partial charge is 0.486 e. The summed E-state index contributed by atoms with van der Waals surface area (Å²) in [6, 6.07) is 14.2. The molecule has 6 heteroatoms. The predicted octanol–water partition coefficient (Wildman–Crippen LogP) is 5.42. The predicted molar refractivity (Wildman–Crippen MR) is 140 cm³/mol. The summed E-state index contributed by atoms with van der Waals surface area (Å²) in [5.41, 5.74) is 11.1. The highest BCUT2D eigenvalue weighted by molar-refractivity contribution is 7.34. The first-order valence-electron chi connectivity index (χ1n) is 11.6. The van der Waals surface area contributed by atoms with E-state index in [2.05, 4.69) is 46.7 Å². The average Bonchev–Trinajstić information content (AvgIpc) is 2.83. The van der Waals surface area contributed by atoms with Gasteiger partial charge in [0.25, 0.3) is 0 Å². The second-order valence-corrected chi connectivity index (χ2v) is 10.5. The fourth-order valence-corrected chi connectivity index (χ4v) is 4.78. The van der Waals surface area contributed by atoms with E-state index >= 15 is 0 Å². The Bertz CT molecular complexity index is 1200. The molecule has 4 rings (SSSR count). The maximum Gasteiger partial charge on any atom is 0.148 e. The molecule has 1 aromatic carbocycles. The van der Waals surface area contributed by atoms with Gasteiger partial charge in [-0.3, -0.25) is 4.98 Å². The zero-order valence-electron chi connectivity index (χ0n) is 20.1. The lowest BCUT2D eigenvalue weighted by Crippen LogP contribution is -2.29. The van der Waals surface area contributed by atoms with Gasteiger partial charge < -0.3 is 20.5 Å². The van der Waals surface area contributed by atoms with Crippen LogP contribution in [0.5, 0.6) is 5.75 Å². The number of rotatable bonds is 5. The van der Waals surface area contributed by atoms with E-state index in [4.69, 9.17) is 10.5 Å². The number of benzene rings is 1. The first-order chi connectivity index (χ1) is 16.3. The Balaban J connectivity index is 1.49. The van der Waals surface area contributed by atoms with E-state index in [1.165, 1.54) is 18.4 Å². The summed E-state index contributed by atoms with van der Waals surface area (Å²) >= 11 is 0. The number of nitrogens with zero attached hydrogens (tertiary/aromatic N) is 2. The van der Waals surface area contributed by atoms with Gasteiger partial charge in [0.15, 0.2) is 0 Å². The molecule has 176 valence electrons. The molecule has 0 atom stereocenters. The monoisotopic (exact) mass is 473 g/mol. The lowest BCUT2D eigenvalue weighted by molar-refractivity contribution is 0.143. The summed E-state index contributed by atoms with van der Waals surface area (Å²) < 4.78 is 6.11. The summed E-state index contributed by atoms with van der Waals surface area (Å²) in [5, 5.41) is 9.84. The van der Waals surface area contributed by atoms with Crippen molar-refractivity contribution < 1.29 is 9.84 Å². The van der Waals surface area contributed by atoms with Crippen molar-refractivity contribution in [3.8, 4) is 28.8 Å². The number of pyridine rings is 1. The quantitative estimate of drug-likeness (QED) is 0.484. The molecule has 5 nitrogen and oxygen atoms in total. The zero-order valence-corrected chi connectivity index (χ0v) is 21.0. The number of ether oxygens (including phenoxy) is 1. The zero-order chi connectivity index (χ0) is 24.1. The molecule has 0 bridgehead atoms. The van der Waals surface area contributed by atoms with E-state index in [0.717, 1.165) is 43.7 Å². The first kappa shape index (κ1) is 24.2. The number of aliphatic hydroxyl groups is 1. The van der Waals surface area contributed by atoms with Gasteiger partial charge >= 0.3 is 0 Å². The van der Waals surface area contributed by atoms with Crippen molar-refractivity contribution in [1.29, 1.82) is 0 Å². The Morgan fingerprint density at radius 2 is 2.00 bits per heavy atom. The molecule has 1 aliphatic rings. The Hall–Kier alpha value is -2.90. The summed E-state index contributed by atoms with van der Waals surface area (Å²) in [6.07, 6.45) is 4.28. The fraction of sp³-hybridized carbons (Fsp3) is 0.357. The Labute approximate surface area is 204 Å². The van der Waals surface area contributed by atoms with Crippen LogP contribution in [0.4, 0.5) is 5.42 Å². The first-order valence-corrected chi connectivity index (χ1v) is 12.6. The van der Waals surface area contributed by atoms with Crippen LogP contribution in [0.2, 0.25) is 0 Å². The van der Waals surface area contributed by atoms with Gasteiger partial charge in [0.05, 0.1) is 5.69 Å². The molecule has 3 N–H and O–H groups in total. The van der Waals surface area contributed by atoms with Crippen molar-refractivity contribution in [3.63, 3.8) is 0 Å². The van der Waals surface area contributed by atoms with Crippen molar-refractivity contribution in [2.75, 3.05) is 25.9 Å². The molecule has 34 heavy (non-hydrogen) atoms. The number of nitrogens with two attached hydrogens (primary N) is 1. The highest BCUT2D eigenvalue weighted by Gasteiger charge is 2.19. The van der Waals surface area contributed by atoms with Crippen molar-refractivity contribution in [2.45, 2.75) is 44.8 Å². The lowest BCUT2D eigenvalue weighted by Gasteiger charge is -2.29. The third-order valence-electron chi connectivity index (χ3n) is 5.99. The van der Waals surface area contributed by atoms with Crippen LogP contribution in [0, 0.1) is 11.8 Å². The molecule has 0 spiro atoms. The van der Waals surface area contributed by atoms with Crippen LogP contribution in [-0.4, -0.2) is 40.7 Å². The van der Waals surface area contributed by atoms with Crippen LogP contribution >= 0.6 is 8.19 Å². The third kappa shape index (κ3) is 6.58. The van der Waals surface area contributed by atoms with E-state index in [9.17, 15) is 5.11 Å². The number of aromatic nitrogens is 1. The van der Waals surface area contributed by atoms with Crippen LogP contribution in [0.25, 0.3) is 11.3 Å². The van der Waals surface area contributed by atoms with E-state index in [1.54, 1.807) is 13.8 Å². The van der Waals surface area contributed by atoms with Gasteiger partial charge in [-0.2, -0.15) is 0 Å². The molecule has 3 heterocycles. The Morgan fingerprint density at radius 1 is 1.21 bits per heavy atom. The number of anilines is 1. The molecule has 1 aliphatic heterocycles. The number of nitrogen functional groups attached to an aromatic ring is 1. The molecule has 3 aromatic rings. The Morgan fingerprint density at radius 3 is 2.76 bits per heavy atom. The summed E-state index contributed by atoms with van der Waals surface area (Å²) in [4.78, 5) is 7.02. The molecule has 1 fully saturated rings. The van der Waals surface area contributed by atoms with Crippen molar-refractivity contribution >= 4 is 13.6 Å². The molecule has 0 amide bonds. The fourth-order valence-electron chi connectivity index (χ4n) is 4.04. The maximum absolute atomic E-state index is 9.84. The normalized spacial score (nSPS) is 15.2. The Kier molecular flexibility index (Phi) is 7.54. The van der Waals surface area contributed by atoms with Crippen molar-refractivity contribution in [1.82, 2.24) is 9.88 Å². The van der Waals surface area contributed by atoms with Crippen LogP contribution in [0.1, 0.15) is 49.3 Å². The van der Waals surface area contributed by atoms with Gasteiger partial charge in [-0.15, -0.1) is 0 Å². The van der Waals surface area contributed by atoms with E-state index in [-0.39, 0.29) is 0 Å². The van der Waals surface area contributed by atoms with E-state index < -0.39 is 5.60 Å². The molecule has 0 radical (unpaired) electrons. The van der Waals surface area contributed by atoms with Crippen LogP contribution in [0.3, 0.4) is 0 Å². The summed E-state index contributed by atoms with van der Waals surface area (Å²) in [6.45, 7) is 6.00. The number of hydrogen-bond acceptors (Lipinski definition) is 5. The number of likely N-dealkylation sites (tertiary alicyclic amines) is 1. The second kappa shape index (κ2) is 10.6. The van der Waals surface area contributed by atoms with Gasteiger partial charge in [-0.25, -0.2) is 0 Å². The average molecular weight is 474 g/mol. The SMILES string of the molecule is CN1CCC(c2ccnc(-c3cpc(N)c(OCc4cccc(C#CC(C)(C)O)c4)c3)c2)CC1. The minimum absolute atomic E-state index is 0.385. The smallest absolute Gasteiger partial charge is 0.148 e. The van der Waals surface area contributed by atoms with Gasteiger partial charge in [0, 0.05) is 17.3 Å². The molecule has 0 aliphatic carbocycles. The lowest BCUT2D eigenvalue weighted by atomic mass is 9.89. The van der Waals surface area contributed by atoms with Gasteiger partial charge in [-0.05, 0) is 108 Å². The topological polar surface area (TPSA) is 71.6 Å². The van der Waals surface area contributed by atoms with Crippen molar-refractivity contribution in [3.05, 3.63) is 71.1 Å². The standard InChI is InChI=1S/C28H32N3O2P/c1-28(2,32)11-7-20-5-4-6-21(15-20)18-33-26-17-24(19-34-27(26)29)25-16-23(8-12-30-25)22-9-13-31(3)14-10-22/h4-6,8,12,15-17,19,22,32H,9-10,13-14,18,29H2,1-3H3. The molecular weight excluding hydrogens is 441 g/mol. The molecule has 2 aromatic heterocycles. The van der Waals surface area contributed by atoms with Gasteiger partial charge in [-0.1, -0.05) is 24.0 Å². The summed E-state index contributed by atoms with van der Waals surface area (Å²) in [5.74, 6) is 9.22. The number of hydrogen-bond donors (Lipinski definition) is 2. The van der Waals surface area contributed by atoms with Crippen LogP contribution in [0.15, 0.2) is 54.5 Å². The third-order valence-corrected chi connectivity index (χ3v) is 6.89. The highest BCUT2D eigenvalue weighted by atomic mass is 31.0. The molecule has 0 unspecified atom stereocenters. The van der Waals surface area contributed by atoms with E-state index in [0.29, 0.717) is 23.7 Å². The maximum atomic E-state index is 9.84. The minimum atomic E-state index is -1.02. The van der Waals surface area contributed by atoms with Crippen molar-refractivity contribution in [2.24, 2.45) is 0 Å². The van der Waals surface area contributed by atoms with Gasteiger partial charge in [0.2, 0.25) is 0 Å². The summed E-state index contributed by atoms with van der Waals surface area (Å²) in [7, 11) is 3.10. The second-order valence-electron chi connectivity index (χ2n) is 9.46. The molecule has 0 saturated carbocycles. The molecular formula is C28H32N3O2P. The molecule has 1 saturated heterocycles.